The van der Waals surface area contributed by atoms with E-state index in [4.69, 9.17) is 11.6 Å². The van der Waals surface area contributed by atoms with Crippen LogP contribution in [0.25, 0.3) is 0 Å². The first-order chi connectivity index (χ1) is 15.4. The maximum Gasteiger partial charge on any atom is 0.261 e. The first kappa shape index (κ1) is 22.5. The largest absolute Gasteiger partial charge is 0.352 e. The molecule has 0 saturated carbocycles. The molecule has 0 aliphatic carbocycles. The van der Waals surface area contributed by atoms with Crippen LogP contribution in [0.15, 0.2) is 42.5 Å². The van der Waals surface area contributed by atoms with E-state index in [2.05, 4.69) is 17.1 Å². The molecule has 2 aliphatic heterocycles. The minimum absolute atomic E-state index is 0.142. The van der Waals surface area contributed by atoms with Crippen LogP contribution in [0.4, 0.5) is 0 Å². The third-order valence-electron chi connectivity index (χ3n) is 6.31. The molecule has 0 spiro atoms. The van der Waals surface area contributed by atoms with E-state index in [9.17, 15) is 14.4 Å². The minimum atomic E-state index is -0.390. The molecule has 2 heterocycles. The predicted molar refractivity (Wildman–Crippen MR) is 124 cm³/mol. The van der Waals surface area contributed by atoms with E-state index in [1.54, 1.807) is 30.3 Å². The summed E-state index contributed by atoms with van der Waals surface area (Å²) in [6.45, 7) is 5.07. The van der Waals surface area contributed by atoms with Crippen molar-refractivity contribution < 1.29 is 14.4 Å². The zero-order valence-corrected chi connectivity index (χ0v) is 19.0. The zero-order chi connectivity index (χ0) is 22.7. The van der Waals surface area contributed by atoms with E-state index in [1.807, 2.05) is 6.07 Å². The molecule has 7 heteroatoms. The maximum absolute atomic E-state index is 12.9. The number of hydrogen-bond donors (Lipinski definition) is 1. The molecule has 4 rings (SSSR count). The number of carbonyl (C=O) groups excluding carboxylic acids is 3. The smallest absolute Gasteiger partial charge is 0.261 e. The molecule has 0 bridgehead atoms. The molecule has 2 aromatic carbocycles. The Kier molecular flexibility index (Phi) is 6.92. The average molecular weight is 454 g/mol. The van der Waals surface area contributed by atoms with Crippen molar-refractivity contribution in [1.82, 2.24) is 15.1 Å². The number of rotatable bonds is 7. The average Bonchev–Trinajstić information content (AvgIpc) is 3.02. The van der Waals surface area contributed by atoms with Gasteiger partial charge in [-0.1, -0.05) is 30.2 Å². The lowest BCUT2D eigenvalue weighted by molar-refractivity contribution is 0.0642. The summed E-state index contributed by atoms with van der Waals surface area (Å²) in [5.41, 5.74) is 1.76. The van der Waals surface area contributed by atoms with Crippen LogP contribution in [0.1, 0.15) is 69.2 Å². The summed E-state index contributed by atoms with van der Waals surface area (Å²) in [5.74, 6) is -0.973. The summed E-state index contributed by atoms with van der Waals surface area (Å²) in [6.07, 6.45) is 4.66. The summed E-state index contributed by atoms with van der Waals surface area (Å²) in [7, 11) is 0. The molecule has 3 amide bonds. The molecule has 2 aromatic rings. The monoisotopic (exact) mass is 453 g/mol. The molecule has 1 atom stereocenters. The van der Waals surface area contributed by atoms with Gasteiger partial charge in [0.1, 0.15) is 0 Å². The van der Waals surface area contributed by atoms with Crippen molar-refractivity contribution in [2.45, 2.75) is 45.2 Å². The number of piperidine rings is 1. The first-order valence-electron chi connectivity index (χ1n) is 11.2. The molecule has 0 aromatic heterocycles. The van der Waals surface area contributed by atoms with E-state index in [0.717, 1.165) is 25.1 Å². The van der Waals surface area contributed by atoms with Gasteiger partial charge in [-0.3, -0.25) is 19.3 Å². The van der Waals surface area contributed by atoms with Crippen LogP contribution >= 0.6 is 11.6 Å². The van der Waals surface area contributed by atoms with Gasteiger partial charge in [0, 0.05) is 29.7 Å². The normalized spacial score (nSPS) is 18.7. The third-order valence-corrected chi connectivity index (χ3v) is 6.55. The number of carbonyl (C=O) groups is 3. The highest BCUT2D eigenvalue weighted by Gasteiger charge is 2.36. The van der Waals surface area contributed by atoms with Gasteiger partial charge >= 0.3 is 0 Å². The fourth-order valence-corrected chi connectivity index (χ4v) is 4.68. The Bertz CT molecular complexity index is 1040. The molecule has 1 unspecified atom stereocenters. The van der Waals surface area contributed by atoms with Crippen LogP contribution in [0.3, 0.4) is 0 Å². The highest BCUT2D eigenvalue weighted by Crippen LogP contribution is 2.26. The Morgan fingerprint density at radius 2 is 1.91 bits per heavy atom. The van der Waals surface area contributed by atoms with Gasteiger partial charge in [0.05, 0.1) is 17.7 Å². The highest BCUT2D eigenvalue weighted by molar-refractivity contribution is 6.30. The molecule has 2 aliphatic rings. The van der Waals surface area contributed by atoms with Crippen molar-refractivity contribution in [3.05, 3.63) is 69.7 Å². The molecule has 1 saturated heterocycles. The van der Waals surface area contributed by atoms with E-state index < -0.39 is 5.91 Å². The van der Waals surface area contributed by atoms with Gasteiger partial charge in [0.15, 0.2) is 0 Å². The third kappa shape index (κ3) is 4.87. The molecule has 0 radical (unpaired) electrons. The lowest BCUT2D eigenvalue weighted by Gasteiger charge is -2.33. The second-order valence-electron chi connectivity index (χ2n) is 8.58. The summed E-state index contributed by atoms with van der Waals surface area (Å²) in [4.78, 5) is 41.9. The van der Waals surface area contributed by atoms with Crippen molar-refractivity contribution in [3.63, 3.8) is 0 Å². The van der Waals surface area contributed by atoms with Crippen molar-refractivity contribution in [1.29, 1.82) is 0 Å². The predicted octanol–water partition coefficient (Wildman–Crippen LogP) is 4.13. The van der Waals surface area contributed by atoms with Crippen LogP contribution in [-0.4, -0.2) is 53.2 Å². The molecule has 168 valence electrons. The zero-order valence-electron chi connectivity index (χ0n) is 18.3. The van der Waals surface area contributed by atoms with Crippen LogP contribution in [0, 0.1) is 0 Å². The number of imide groups is 1. The number of benzene rings is 2. The summed E-state index contributed by atoms with van der Waals surface area (Å²) >= 11 is 6.02. The van der Waals surface area contributed by atoms with Crippen LogP contribution in [0.2, 0.25) is 5.02 Å². The van der Waals surface area contributed by atoms with Gasteiger partial charge in [-0.05, 0) is 68.6 Å². The number of halogens is 1. The molecular weight excluding hydrogens is 426 g/mol. The number of likely N-dealkylation sites (tertiary alicyclic amines) is 1. The van der Waals surface area contributed by atoms with Crippen LogP contribution in [-0.2, 0) is 6.54 Å². The van der Waals surface area contributed by atoms with E-state index in [0.29, 0.717) is 28.7 Å². The lowest BCUT2D eigenvalue weighted by atomic mass is 10.0. The minimum Gasteiger partial charge on any atom is -0.352 e. The fraction of sp³-hybridized carbons (Fsp3) is 0.400. The van der Waals surface area contributed by atoms with Gasteiger partial charge in [-0.15, -0.1) is 0 Å². The Labute approximate surface area is 193 Å². The van der Waals surface area contributed by atoms with E-state index >= 15 is 0 Å². The van der Waals surface area contributed by atoms with Crippen molar-refractivity contribution >= 4 is 29.3 Å². The number of hydrogen-bond acceptors (Lipinski definition) is 4. The van der Waals surface area contributed by atoms with E-state index in [1.165, 1.54) is 30.2 Å². The number of nitrogens with one attached hydrogen (secondary N) is 1. The lowest BCUT2D eigenvalue weighted by Crippen LogP contribution is -2.39. The second-order valence-corrected chi connectivity index (χ2v) is 9.01. The maximum atomic E-state index is 12.9. The Balaban J connectivity index is 1.36. The summed E-state index contributed by atoms with van der Waals surface area (Å²) < 4.78 is 0. The number of fused-ring (bicyclic) bond motifs is 1. The van der Waals surface area contributed by atoms with Gasteiger partial charge < -0.3 is 10.2 Å². The van der Waals surface area contributed by atoms with Crippen molar-refractivity contribution in [2.24, 2.45) is 0 Å². The highest BCUT2D eigenvalue weighted by atomic mass is 35.5. The molecule has 6 nitrogen and oxygen atoms in total. The first-order valence-corrected chi connectivity index (χ1v) is 11.6. The van der Waals surface area contributed by atoms with Crippen LogP contribution in [0.5, 0.6) is 0 Å². The topological polar surface area (TPSA) is 69.7 Å². The van der Waals surface area contributed by atoms with Crippen molar-refractivity contribution in [3.8, 4) is 0 Å². The van der Waals surface area contributed by atoms with Crippen molar-refractivity contribution in [2.75, 3.05) is 19.6 Å². The second kappa shape index (κ2) is 9.84. The Morgan fingerprint density at radius 1 is 1.09 bits per heavy atom. The quantitative estimate of drug-likeness (QED) is 0.505. The van der Waals surface area contributed by atoms with Gasteiger partial charge in [-0.2, -0.15) is 0 Å². The van der Waals surface area contributed by atoms with Gasteiger partial charge in [0.25, 0.3) is 17.7 Å². The SMILES string of the molecule is CC1CCCCN1CCCNC(=O)c1ccc2c(c1)C(=O)N(Cc1cccc(Cl)c1)C2=O. The van der Waals surface area contributed by atoms with Crippen LogP contribution < -0.4 is 5.32 Å². The van der Waals surface area contributed by atoms with Gasteiger partial charge in [0.2, 0.25) is 0 Å². The summed E-state index contributed by atoms with van der Waals surface area (Å²) in [5, 5.41) is 3.49. The molecule has 1 N–H and O–H groups in total. The molecular formula is C25H28ClN3O3. The van der Waals surface area contributed by atoms with E-state index in [-0.39, 0.29) is 23.9 Å². The standard InChI is InChI=1S/C25H28ClN3O3/c1-17-6-2-3-12-28(17)13-5-11-27-23(30)19-9-10-21-22(15-19)25(32)29(24(21)31)16-18-7-4-8-20(26)14-18/h4,7-10,14-15,17H,2-3,5-6,11-13,16H2,1H3,(H,27,30). The van der Waals surface area contributed by atoms with Gasteiger partial charge in [-0.25, -0.2) is 0 Å². The molecule has 32 heavy (non-hydrogen) atoms. The number of nitrogens with zero attached hydrogens (tertiary/aromatic N) is 2. The Hall–Kier alpha value is -2.70. The number of amides is 3. The fourth-order valence-electron chi connectivity index (χ4n) is 4.47. The Morgan fingerprint density at radius 3 is 2.69 bits per heavy atom. The molecule has 1 fully saturated rings. The summed E-state index contributed by atoms with van der Waals surface area (Å²) in [6, 6.07) is 12.4.